The summed E-state index contributed by atoms with van der Waals surface area (Å²) in [5, 5.41) is 4.11. The Morgan fingerprint density at radius 2 is 1.75 bits per heavy atom. The first-order chi connectivity index (χ1) is 9.65. The Kier molecular flexibility index (Phi) is 5.64. The van der Waals surface area contributed by atoms with Crippen molar-refractivity contribution in [1.29, 1.82) is 0 Å². The zero-order chi connectivity index (χ0) is 14.5. The molecule has 0 amide bonds. The lowest BCUT2D eigenvalue weighted by Crippen LogP contribution is -2.17. The zero-order valence-corrected chi connectivity index (χ0v) is 14.1. The van der Waals surface area contributed by atoms with E-state index in [9.17, 15) is 0 Å². The van der Waals surface area contributed by atoms with Gasteiger partial charge in [0.25, 0.3) is 0 Å². The monoisotopic (exact) mass is 351 g/mol. The molecule has 0 fully saturated rings. The van der Waals surface area contributed by atoms with Gasteiger partial charge in [0.1, 0.15) is 0 Å². The molecule has 0 saturated heterocycles. The molecule has 2 aromatic carbocycles. The highest BCUT2D eigenvalue weighted by Crippen LogP contribution is 2.29. The van der Waals surface area contributed by atoms with Gasteiger partial charge < -0.3 is 5.32 Å². The number of aryl methyl sites for hydroxylation is 1. The third kappa shape index (κ3) is 3.63. The largest absolute Gasteiger partial charge is 0.309 e. The van der Waals surface area contributed by atoms with Crippen molar-refractivity contribution in [2.75, 3.05) is 7.05 Å². The average Bonchev–Trinajstić information content (AvgIpc) is 2.46. The van der Waals surface area contributed by atoms with Crippen molar-refractivity contribution in [3.63, 3.8) is 0 Å². The molecule has 1 atom stereocenters. The third-order valence-electron chi connectivity index (χ3n) is 3.42. The molecule has 1 unspecified atom stereocenters. The minimum Gasteiger partial charge on any atom is -0.309 e. The molecular weight excluding hydrogens is 334 g/mol. The number of halogens is 2. The van der Waals surface area contributed by atoms with Crippen LogP contribution in [0.25, 0.3) is 0 Å². The van der Waals surface area contributed by atoms with Crippen LogP contribution < -0.4 is 5.32 Å². The maximum absolute atomic E-state index is 6.06. The Morgan fingerprint density at radius 1 is 1.10 bits per heavy atom. The van der Waals surface area contributed by atoms with Crippen LogP contribution in [0.3, 0.4) is 0 Å². The van der Waals surface area contributed by atoms with Crippen LogP contribution in [0.2, 0.25) is 5.02 Å². The van der Waals surface area contributed by atoms with Gasteiger partial charge in [-0.3, -0.25) is 0 Å². The van der Waals surface area contributed by atoms with E-state index in [4.69, 9.17) is 11.6 Å². The van der Waals surface area contributed by atoms with Crippen LogP contribution in [0, 0.1) is 0 Å². The van der Waals surface area contributed by atoms with Crippen LogP contribution in [0.15, 0.2) is 46.9 Å². The van der Waals surface area contributed by atoms with Crippen molar-refractivity contribution in [2.24, 2.45) is 0 Å². The Bertz CT molecular complexity index is 566. The van der Waals surface area contributed by atoms with Crippen LogP contribution in [-0.4, -0.2) is 7.05 Å². The van der Waals surface area contributed by atoms with Crippen molar-refractivity contribution < 1.29 is 0 Å². The summed E-state index contributed by atoms with van der Waals surface area (Å²) in [6.45, 7) is 2.20. The SMILES string of the molecule is CCCc1ccc(C(NC)c2ccc(Cl)c(Br)c2)cc1. The first kappa shape index (κ1) is 15.6. The van der Waals surface area contributed by atoms with E-state index in [2.05, 4.69) is 64.6 Å². The van der Waals surface area contributed by atoms with Gasteiger partial charge in [0, 0.05) is 4.47 Å². The van der Waals surface area contributed by atoms with Gasteiger partial charge in [0.15, 0.2) is 0 Å². The molecule has 2 aromatic rings. The fraction of sp³-hybridized carbons (Fsp3) is 0.294. The number of rotatable bonds is 5. The maximum atomic E-state index is 6.06. The summed E-state index contributed by atoms with van der Waals surface area (Å²) < 4.78 is 0.930. The van der Waals surface area contributed by atoms with E-state index in [1.54, 1.807) is 0 Å². The van der Waals surface area contributed by atoms with Crippen molar-refractivity contribution in [3.05, 3.63) is 68.7 Å². The van der Waals surface area contributed by atoms with Gasteiger partial charge in [-0.15, -0.1) is 0 Å². The summed E-state index contributed by atoms with van der Waals surface area (Å²) in [6.07, 6.45) is 2.32. The molecule has 20 heavy (non-hydrogen) atoms. The summed E-state index contributed by atoms with van der Waals surface area (Å²) in [5.74, 6) is 0. The molecule has 3 heteroatoms. The molecule has 0 aliphatic carbocycles. The molecule has 1 nitrogen and oxygen atoms in total. The van der Waals surface area contributed by atoms with Crippen molar-refractivity contribution in [3.8, 4) is 0 Å². The van der Waals surface area contributed by atoms with Crippen molar-refractivity contribution >= 4 is 27.5 Å². The Morgan fingerprint density at radius 3 is 2.30 bits per heavy atom. The molecule has 1 N–H and O–H groups in total. The maximum Gasteiger partial charge on any atom is 0.0574 e. The lowest BCUT2D eigenvalue weighted by Gasteiger charge is -2.18. The molecule has 2 rings (SSSR count). The molecule has 0 saturated carbocycles. The second-order valence-corrected chi connectivity index (χ2v) is 6.15. The summed E-state index contributed by atoms with van der Waals surface area (Å²) in [5.41, 5.74) is 3.86. The highest BCUT2D eigenvalue weighted by molar-refractivity contribution is 9.10. The molecule has 0 aromatic heterocycles. The van der Waals surface area contributed by atoms with Gasteiger partial charge in [0.05, 0.1) is 11.1 Å². The summed E-state index contributed by atoms with van der Waals surface area (Å²) in [6, 6.07) is 15.1. The van der Waals surface area contributed by atoms with Crippen molar-refractivity contribution in [2.45, 2.75) is 25.8 Å². The first-order valence-corrected chi connectivity index (χ1v) is 8.04. The lowest BCUT2D eigenvalue weighted by atomic mass is 9.97. The third-order valence-corrected chi connectivity index (χ3v) is 4.63. The van der Waals surface area contributed by atoms with Gasteiger partial charge in [-0.05, 0) is 58.2 Å². The van der Waals surface area contributed by atoms with E-state index < -0.39 is 0 Å². The van der Waals surface area contributed by atoms with Gasteiger partial charge in [-0.1, -0.05) is 55.3 Å². The molecule has 106 valence electrons. The van der Waals surface area contributed by atoms with Gasteiger partial charge in [-0.2, -0.15) is 0 Å². The Labute approximate surface area is 134 Å². The molecule has 0 bridgehead atoms. The number of hydrogen-bond donors (Lipinski definition) is 1. The Hall–Kier alpha value is -0.830. The van der Waals surface area contributed by atoms with Crippen LogP contribution in [0.4, 0.5) is 0 Å². The predicted molar refractivity (Wildman–Crippen MR) is 90.5 cm³/mol. The minimum absolute atomic E-state index is 0.180. The smallest absolute Gasteiger partial charge is 0.0574 e. The topological polar surface area (TPSA) is 12.0 Å². The van der Waals surface area contributed by atoms with Gasteiger partial charge in [-0.25, -0.2) is 0 Å². The normalized spacial score (nSPS) is 12.4. The van der Waals surface area contributed by atoms with E-state index in [1.165, 1.54) is 23.1 Å². The summed E-state index contributed by atoms with van der Waals surface area (Å²) in [4.78, 5) is 0. The van der Waals surface area contributed by atoms with E-state index in [1.807, 2.05) is 13.1 Å². The number of nitrogens with one attached hydrogen (secondary N) is 1. The highest BCUT2D eigenvalue weighted by atomic mass is 79.9. The predicted octanol–water partition coefficient (Wildman–Crippen LogP) is 5.36. The van der Waals surface area contributed by atoms with Crippen LogP contribution in [0.1, 0.15) is 36.1 Å². The molecule has 0 heterocycles. The summed E-state index contributed by atoms with van der Waals surface area (Å²) >= 11 is 9.55. The highest BCUT2D eigenvalue weighted by Gasteiger charge is 2.13. The molecule has 0 aliphatic heterocycles. The van der Waals surface area contributed by atoms with Gasteiger partial charge in [0.2, 0.25) is 0 Å². The van der Waals surface area contributed by atoms with Gasteiger partial charge >= 0.3 is 0 Å². The van der Waals surface area contributed by atoms with E-state index in [0.29, 0.717) is 0 Å². The summed E-state index contributed by atoms with van der Waals surface area (Å²) in [7, 11) is 1.98. The van der Waals surface area contributed by atoms with Crippen LogP contribution in [0.5, 0.6) is 0 Å². The second-order valence-electron chi connectivity index (χ2n) is 4.89. The van der Waals surface area contributed by atoms with Crippen LogP contribution in [-0.2, 0) is 6.42 Å². The van der Waals surface area contributed by atoms with Crippen molar-refractivity contribution in [1.82, 2.24) is 5.32 Å². The number of benzene rings is 2. The average molecular weight is 353 g/mol. The number of hydrogen-bond acceptors (Lipinski definition) is 1. The zero-order valence-electron chi connectivity index (χ0n) is 11.8. The van der Waals surface area contributed by atoms with E-state index >= 15 is 0 Å². The molecule has 0 spiro atoms. The molecule has 0 radical (unpaired) electrons. The molecule has 0 aliphatic rings. The first-order valence-electron chi connectivity index (χ1n) is 6.86. The van der Waals surface area contributed by atoms with E-state index in [-0.39, 0.29) is 6.04 Å². The van der Waals surface area contributed by atoms with Crippen LogP contribution >= 0.6 is 27.5 Å². The lowest BCUT2D eigenvalue weighted by molar-refractivity contribution is 0.691. The standard InChI is InChI=1S/C17H19BrClN/c1-3-4-12-5-7-13(8-6-12)17(20-2)14-9-10-16(19)15(18)11-14/h5-11,17,20H,3-4H2,1-2H3. The fourth-order valence-corrected chi connectivity index (χ4v) is 2.90. The quantitative estimate of drug-likeness (QED) is 0.763. The minimum atomic E-state index is 0.180. The Balaban J connectivity index is 2.29. The molecular formula is C17H19BrClN. The fourth-order valence-electron chi connectivity index (χ4n) is 2.38. The second kappa shape index (κ2) is 7.26. The van der Waals surface area contributed by atoms with E-state index in [0.717, 1.165) is 15.9 Å².